The van der Waals surface area contributed by atoms with Gasteiger partial charge in [-0.15, -0.1) is 0 Å². The predicted octanol–water partition coefficient (Wildman–Crippen LogP) is 4.51. The summed E-state index contributed by atoms with van der Waals surface area (Å²) < 4.78 is 5.45. The molecule has 0 saturated heterocycles. The second-order valence-corrected chi connectivity index (χ2v) is 7.49. The van der Waals surface area contributed by atoms with Crippen molar-refractivity contribution in [3.8, 4) is 5.75 Å². The van der Waals surface area contributed by atoms with Crippen LogP contribution in [-0.2, 0) is 0 Å². The number of hydrazone groups is 1. The highest BCUT2D eigenvalue weighted by atomic mass is 16.5. The second kappa shape index (κ2) is 6.74. The Morgan fingerprint density at radius 2 is 2.04 bits per heavy atom. The van der Waals surface area contributed by atoms with Gasteiger partial charge in [-0.2, -0.15) is 5.10 Å². The number of anilines is 1. The zero-order valence-corrected chi connectivity index (χ0v) is 15.6. The second-order valence-electron chi connectivity index (χ2n) is 7.49. The van der Waals surface area contributed by atoms with Gasteiger partial charge in [0.25, 0.3) is 0 Å². The molecule has 0 amide bonds. The summed E-state index contributed by atoms with van der Waals surface area (Å²) in [6.07, 6.45) is 11.4. The minimum absolute atomic E-state index is 0.239. The Kier molecular flexibility index (Phi) is 4.45. The molecule has 0 bridgehead atoms. The van der Waals surface area contributed by atoms with Gasteiger partial charge in [-0.3, -0.25) is 5.01 Å². The Hall–Kier alpha value is -1.97. The van der Waals surface area contributed by atoms with Crippen molar-refractivity contribution in [1.29, 1.82) is 0 Å². The lowest BCUT2D eigenvalue weighted by Crippen LogP contribution is -2.53. The summed E-state index contributed by atoms with van der Waals surface area (Å²) in [5.74, 6) is 1.68. The minimum Gasteiger partial charge on any atom is -0.497 e. The van der Waals surface area contributed by atoms with E-state index < -0.39 is 0 Å². The topological polar surface area (TPSA) is 28.1 Å². The molecule has 25 heavy (non-hydrogen) atoms. The summed E-state index contributed by atoms with van der Waals surface area (Å²) in [6, 6.07) is 6.98. The maximum absolute atomic E-state index is 5.45. The van der Waals surface area contributed by atoms with Crippen LogP contribution in [0.3, 0.4) is 0 Å². The Labute approximate surface area is 151 Å². The molecule has 1 saturated carbocycles. The van der Waals surface area contributed by atoms with Crippen molar-refractivity contribution in [2.75, 3.05) is 18.6 Å². The molecule has 1 unspecified atom stereocenters. The van der Waals surface area contributed by atoms with Gasteiger partial charge in [0.15, 0.2) is 0 Å². The van der Waals surface area contributed by atoms with E-state index in [4.69, 9.17) is 4.74 Å². The number of rotatable bonds is 4. The third-order valence-corrected chi connectivity index (χ3v) is 6.13. The Morgan fingerprint density at radius 1 is 1.24 bits per heavy atom. The van der Waals surface area contributed by atoms with Gasteiger partial charge in [0.2, 0.25) is 0 Å². The lowest BCUT2D eigenvalue weighted by molar-refractivity contribution is 0.217. The molecule has 1 aromatic carbocycles. The van der Waals surface area contributed by atoms with E-state index in [1.807, 2.05) is 6.21 Å². The van der Waals surface area contributed by atoms with Crippen molar-refractivity contribution in [2.24, 2.45) is 11.0 Å². The van der Waals surface area contributed by atoms with E-state index in [-0.39, 0.29) is 6.17 Å². The van der Waals surface area contributed by atoms with E-state index in [2.05, 4.69) is 53.1 Å². The first kappa shape index (κ1) is 16.5. The molecule has 0 N–H and O–H groups in total. The summed E-state index contributed by atoms with van der Waals surface area (Å²) in [5, 5.41) is 6.89. The highest BCUT2D eigenvalue weighted by Crippen LogP contribution is 2.42. The van der Waals surface area contributed by atoms with Crippen LogP contribution in [0.5, 0.6) is 5.75 Å². The summed E-state index contributed by atoms with van der Waals surface area (Å²) >= 11 is 0. The maximum atomic E-state index is 5.45. The van der Waals surface area contributed by atoms with Crippen LogP contribution in [0.1, 0.15) is 51.5 Å². The molecule has 2 atom stereocenters. The Balaban J connectivity index is 1.75. The quantitative estimate of drug-likeness (QED) is 0.807. The van der Waals surface area contributed by atoms with Crippen molar-refractivity contribution in [2.45, 2.75) is 58.2 Å². The van der Waals surface area contributed by atoms with E-state index in [9.17, 15) is 0 Å². The fourth-order valence-electron chi connectivity index (χ4n) is 4.72. The van der Waals surface area contributed by atoms with E-state index in [0.717, 1.165) is 18.2 Å². The molecule has 0 radical (unpaired) electrons. The molecule has 2 aliphatic heterocycles. The molecular formula is C21H29N3O. The number of benzene rings is 1. The first-order valence-corrected chi connectivity index (χ1v) is 9.71. The molecule has 1 aliphatic carbocycles. The van der Waals surface area contributed by atoms with Crippen LogP contribution in [0.4, 0.5) is 5.69 Å². The smallest absolute Gasteiger partial charge is 0.146 e. The van der Waals surface area contributed by atoms with Crippen LogP contribution in [0, 0.1) is 5.92 Å². The van der Waals surface area contributed by atoms with Crippen molar-refractivity contribution in [3.05, 3.63) is 29.3 Å². The fourth-order valence-corrected chi connectivity index (χ4v) is 4.72. The van der Waals surface area contributed by atoms with Crippen molar-refractivity contribution >= 4 is 18.0 Å². The van der Waals surface area contributed by atoms with Crippen LogP contribution < -0.4 is 9.64 Å². The first-order chi connectivity index (χ1) is 12.2. The molecule has 0 aromatic heterocycles. The molecule has 4 nitrogen and oxygen atoms in total. The van der Waals surface area contributed by atoms with Gasteiger partial charge < -0.3 is 9.64 Å². The number of hydrogen-bond acceptors (Lipinski definition) is 4. The first-order valence-electron chi connectivity index (χ1n) is 9.71. The van der Waals surface area contributed by atoms with Crippen LogP contribution in [0.2, 0.25) is 0 Å². The normalized spacial score (nSPS) is 24.0. The average molecular weight is 339 g/mol. The van der Waals surface area contributed by atoms with Crippen molar-refractivity contribution in [1.82, 2.24) is 5.01 Å². The largest absolute Gasteiger partial charge is 0.497 e. The van der Waals surface area contributed by atoms with Crippen molar-refractivity contribution in [3.63, 3.8) is 0 Å². The van der Waals surface area contributed by atoms with Gasteiger partial charge in [0, 0.05) is 29.4 Å². The lowest BCUT2D eigenvalue weighted by Gasteiger charge is -2.46. The molecule has 4 rings (SSSR count). The summed E-state index contributed by atoms with van der Waals surface area (Å²) in [5.41, 5.74) is 3.86. The highest BCUT2D eigenvalue weighted by molar-refractivity contribution is 5.94. The summed E-state index contributed by atoms with van der Waals surface area (Å²) in [6.45, 7) is 5.53. The maximum Gasteiger partial charge on any atom is 0.146 e. The van der Waals surface area contributed by atoms with Gasteiger partial charge in [0.05, 0.1) is 13.3 Å². The van der Waals surface area contributed by atoms with Gasteiger partial charge in [-0.1, -0.05) is 19.3 Å². The number of nitrogens with zero attached hydrogens (tertiary/aromatic N) is 3. The van der Waals surface area contributed by atoms with E-state index in [1.54, 1.807) is 7.11 Å². The number of hydrogen-bond donors (Lipinski definition) is 0. The Morgan fingerprint density at radius 3 is 2.76 bits per heavy atom. The number of ether oxygens (including phenoxy) is 1. The highest BCUT2D eigenvalue weighted by Gasteiger charge is 2.39. The number of likely N-dealkylation sites (N-methyl/N-ethyl adjacent to an activating group) is 1. The predicted molar refractivity (Wildman–Crippen MR) is 104 cm³/mol. The van der Waals surface area contributed by atoms with Crippen LogP contribution >= 0.6 is 0 Å². The van der Waals surface area contributed by atoms with Gasteiger partial charge in [0.1, 0.15) is 11.9 Å². The molecule has 4 heteroatoms. The van der Waals surface area contributed by atoms with E-state index in [0.29, 0.717) is 6.04 Å². The van der Waals surface area contributed by atoms with E-state index in [1.165, 1.54) is 48.9 Å². The van der Waals surface area contributed by atoms with E-state index >= 15 is 0 Å². The monoisotopic (exact) mass is 339 g/mol. The third kappa shape index (κ3) is 2.82. The van der Waals surface area contributed by atoms with Crippen molar-refractivity contribution < 1.29 is 4.74 Å². The molecule has 2 heterocycles. The SMILES string of the molecule is CCN1N=CC2=Cc3cc(OC)ccc3N(C(C)C3CCCCC3)[C@H]21. The zero-order chi connectivity index (χ0) is 17.4. The van der Waals surface area contributed by atoms with Crippen LogP contribution in [0.25, 0.3) is 6.08 Å². The zero-order valence-electron chi connectivity index (χ0n) is 15.6. The summed E-state index contributed by atoms with van der Waals surface area (Å²) in [7, 11) is 1.73. The van der Waals surface area contributed by atoms with Gasteiger partial charge >= 0.3 is 0 Å². The van der Waals surface area contributed by atoms with Crippen LogP contribution in [-0.4, -0.2) is 37.1 Å². The van der Waals surface area contributed by atoms with Gasteiger partial charge in [-0.05, 0) is 56.9 Å². The molecule has 134 valence electrons. The van der Waals surface area contributed by atoms with Gasteiger partial charge in [-0.25, -0.2) is 0 Å². The fraction of sp³-hybridized carbons (Fsp3) is 0.571. The number of fused-ring (bicyclic) bond motifs is 2. The molecule has 3 aliphatic rings. The average Bonchev–Trinajstić information content (AvgIpc) is 3.08. The molecule has 0 spiro atoms. The van der Waals surface area contributed by atoms with Crippen LogP contribution in [0.15, 0.2) is 28.9 Å². The molecular weight excluding hydrogens is 310 g/mol. The Bertz CT molecular complexity index is 690. The third-order valence-electron chi connectivity index (χ3n) is 6.13. The summed E-state index contributed by atoms with van der Waals surface area (Å²) in [4.78, 5) is 2.62. The standard InChI is InChI=1S/C21H29N3O/c1-4-23-21-18(14-22-23)12-17-13-19(25-3)10-11-20(17)24(21)15(2)16-8-6-5-7-9-16/h10-16,21H,4-9H2,1-3H3/t15?,21-/m1/s1. The lowest BCUT2D eigenvalue weighted by atomic mass is 9.82. The molecule has 1 aromatic rings. The molecule has 1 fully saturated rings. The number of methoxy groups -OCH3 is 1. The minimum atomic E-state index is 0.239.